The minimum absolute atomic E-state index is 0.0537. The Morgan fingerprint density at radius 1 is 1.25 bits per heavy atom. The van der Waals surface area contributed by atoms with Gasteiger partial charge in [-0.3, -0.25) is 9.36 Å². The van der Waals surface area contributed by atoms with Crippen molar-refractivity contribution in [1.82, 2.24) is 20.1 Å². The first-order valence-electron chi connectivity index (χ1n) is 10.5. The van der Waals surface area contributed by atoms with Crippen LogP contribution in [0.4, 0.5) is 0 Å². The van der Waals surface area contributed by atoms with Crippen molar-refractivity contribution in [3.8, 4) is 11.4 Å². The molecule has 3 aromatic rings. The van der Waals surface area contributed by atoms with Gasteiger partial charge in [0.1, 0.15) is 12.4 Å². The second-order valence-corrected chi connectivity index (χ2v) is 9.14. The van der Waals surface area contributed by atoms with Gasteiger partial charge >= 0.3 is 0 Å². The lowest BCUT2D eigenvalue weighted by Gasteiger charge is -2.16. The summed E-state index contributed by atoms with van der Waals surface area (Å²) in [5.41, 5.74) is 0.893. The fourth-order valence-electron chi connectivity index (χ4n) is 3.39. The van der Waals surface area contributed by atoms with Crippen molar-refractivity contribution in [3.63, 3.8) is 0 Å². The minimum Gasteiger partial charge on any atom is -0.484 e. The van der Waals surface area contributed by atoms with E-state index in [4.69, 9.17) is 21.1 Å². The summed E-state index contributed by atoms with van der Waals surface area (Å²) in [4.78, 5) is 12.6. The van der Waals surface area contributed by atoms with Crippen molar-refractivity contribution in [2.75, 3.05) is 13.2 Å². The number of amides is 1. The number of carbonyl (C=O) groups excluding carboxylic acids is 1. The van der Waals surface area contributed by atoms with Crippen LogP contribution >= 0.6 is 23.4 Å². The summed E-state index contributed by atoms with van der Waals surface area (Å²) in [6.07, 6.45) is 2.14. The van der Waals surface area contributed by atoms with Crippen LogP contribution in [0.15, 0.2) is 59.8 Å². The van der Waals surface area contributed by atoms with Crippen LogP contribution in [0, 0.1) is 0 Å². The van der Waals surface area contributed by atoms with E-state index in [2.05, 4.69) is 15.5 Å². The smallest absolute Gasteiger partial charge is 0.233 e. The lowest BCUT2D eigenvalue weighted by Crippen LogP contribution is -2.36. The van der Waals surface area contributed by atoms with E-state index in [0.717, 1.165) is 25.1 Å². The van der Waals surface area contributed by atoms with Gasteiger partial charge in [-0.05, 0) is 44.0 Å². The van der Waals surface area contributed by atoms with Crippen LogP contribution in [0.25, 0.3) is 5.69 Å². The maximum atomic E-state index is 12.6. The first-order chi connectivity index (χ1) is 15.6. The lowest BCUT2D eigenvalue weighted by molar-refractivity contribution is -0.120. The summed E-state index contributed by atoms with van der Waals surface area (Å²) in [7, 11) is 0. The zero-order valence-corrected chi connectivity index (χ0v) is 19.3. The number of halogens is 1. The molecule has 1 aliphatic rings. The van der Waals surface area contributed by atoms with Crippen molar-refractivity contribution in [2.45, 2.75) is 42.9 Å². The predicted molar refractivity (Wildman–Crippen MR) is 124 cm³/mol. The Morgan fingerprint density at radius 3 is 2.78 bits per heavy atom. The summed E-state index contributed by atoms with van der Waals surface area (Å²) in [6.45, 7) is 3.35. The molecule has 0 radical (unpaired) electrons. The Balaban J connectivity index is 1.48. The molecule has 4 rings (SSSR count). The number of ether oxygens (including phenoxy) is 2. The first-order valence-corrected chi connectivity index (χ1v) is 11.8. The van der Waals surface area contributed by atoms with Gasteiger partial charge in [-0.1, -0.05) is 53.7 Å². The van der Waals surface area contributed by atoms with E-state index in [9.17, 15) is 4.79 Å². The molecule has 2 unspecified atom stereocenters. The van der Waals surface area contributed by atoms with Crippen LogP contribution in [0.5, 0.6) is 5.75 Å². The molecule has 0 bridgehead atoms. The van der Waals surface area contributed by atoms with Crippen LogP contribution in [0.2, 0.25) is 5.02 Å². The van der Waals surface area contributed by atoms with Crippen LogP contribution in [-0.4, -0.2) is 45.2 Å². The molecule has 1 saturated heterocycles. The quantitative estimate of drug-likeness (QED) is 0.468. The van der Waals surface area contributed by atoms with Crippen molar-refractivity contribution in [3.05, 3.63) is 65.4 Å². The average molecular weight is 473 g/mol. The van der Waals surface area contributed by atoms with Gasteiger partial charge < -0.3 is 14.8 Å². The predicted octanol–water partition coefficient (Wildman–Crippen LogP) is 4.28. The number of hydrogen-bond acceptors (Lipinski definition) is 6. The number of rotatable bonds is 9. The monoisotopic (exact) mass is 472 g/mol. The molecule has 0 spiro atoms. The number of nitrogens with zero attached hydrogens (tertiary/aromatic N) is 3. The van der Waals surface area contributed by atoms with Crippen molar-refractivity contribution >= 4 is 29.3 Å². The number of carbonyl (C=O) groups is 1. The van der Waals surface area contributed by atoms with E-state index in [1.807, 2.05) is 60.0 Å². The molecule has 168 valence electrons. The van der Waals surface area contributed by atoms with E-state index in [-0.39, 0.29) is 23.9 Å². The first kappa shape index (κ1) is 22.6. The van der Waals surface area contributed by atoms with Crippen molar-refractivity contribution in [2.24, 2.45) is 0 Å². The van der Waals surface area contributed by atoms with Gasteiger partial charge in [-0.15, -0.1) is 10.2 Å². The number of nitrogens with one attached hydrogen (secondary N) is 1. The van der Waals surface area contributed by atoms with Crippen LogP contribution in [0.3, 0.4) is 0 Å². The molecule has 1 aromatic heterocycles. The molecule has 32 heavy (non-hydrogen) atoms. The molecule has 1 fully saturated rings. The number of para-hydroxylation sites is 2. The Kier molecular flexibility index (Phi) is 7.68. The molecule has 1 N–H and O–H groups in total. The van der Waals surface area contributed by atoms with Gasteiger partial charge in [-0.25, -0.2) is 0 Å². The minimum atomic E-state index is -0.347. The third-order valence-corrected chi connectivity index (χ3v) is 6.44. The standard InChI is InChI=1S/C23H25ClN4O3S/c1-16(22(29)25-14-18-10-7-13-30-18)32-23-27-26-21(28(23)17-8-3-2-4-9-17)15-31-20-12-6-5-11-19(20)24/h2-6,8-9,11-12,16,18H,7,10,13-15H2,1H3,(H,25,29). The maximum Gasteiger partial charge on any atom is 0.233 e. The van der Waals surface area contributed by atoms with E-state index < -0.39 is 0 Å². The summed E-state index contributed by atoms with van der Waals surface area (Å²) in [5, 5.41) is 12.5. The summed E-state index contributed by atoms with van der Waals surface area (Å²) in [6, 6.07) is 17.1. The number of hydrogen-bond donors (Lipinski definition) is 1. The van der Waals surface area contributed by atoms with Gasteiger partial charge in [0.2, 0.25) is 5.91 Å². The Morgan fingerprint density at radius 2 is 2.03 bits per heavy atom. The molecule has 1 amide bonds. The van der Waals surface area contributed by atoms with Crippen LogP contribution < -0.4 is 10.1 Å². The van der Waals surface area contributed by atoms with Crippen molar-refractivity contribution < 1.29 is 14.3 Å². The van der Waals surface area contributed by atoms with Crippen molar-refractivity contribution in [1.29, 1.82) is 0 Å². The fourth-order valence-corrected chi connectivity index (χ4v) is 4.49. The van der Waals surface area contributed by atoms with Crippen LogP contribution in [0.1, 0.15) is 25.6 Å². The van der Waals surface area contributed by atoms with Gasteiger partial charge in [0, 0.05) is 18.8 Å². The third kappa shape index (κ3) is 5.62. The topological polar surface area (TPSA) is 78.3 Å². The molecule has 2 aromatic carbocycles. The maximum absolute atomic E-state index is 12.6. The Labute approximate surface area is 196 Å². The second-order valence-electron chi connectivity index (χ2n) is 7.43. The molecular formula is C23H25ClN4O3S. The normalized spacial score (nSPS) is 16.6. The summed E-state index contributed by atoms with van der Waals surface area (Å²) >= 11 is 7.56. The lowest BCUT2D eigenvalue weighted by atomic mass is 10.2. The Hall–Kier alpha value is -2.55. The number of thioether (sulfide) groups is 1. The average Bonchev–Trinajstić information content (AvgIpc) is 3.47. The van der Waals surface area contributed by atoms with E-state index in [1.54, 1.807) is 6.07 Å². The highest BCUT2D eigenvalue weighted by Crippen LogP contribution is 2.28. The second kappa shape index (κ2) is 10.8. The molecule has 1 aliphatic heterocycles. The van der Waals surface area contributed by atoms with Gasteiger partial charge in [0.15, 0.2) is 11.0 Å². The molecule has 0 aliphatic carbocycles. The van der Waals surface area contributed by atoms with Gasteiger partial charge in [0.05, 0.1) is 16.4 Å². The summed E-state index contributed by atoms with van der Waals surface area (Å²) < 4.78 is 13.4. The molecule has 2 atom stereocenters. The zero-order valence-electron chi connectivity index (χ0n) is 17.7. The highest BCUT2D eigenvalue weighted by atomic mass is 35.5. The SMILES string of the molecule is CC(Sc1nnc(COc2ccccc2Cl)n1-c1ccccc1)C(=O)NCC1CCCO1. The van der Waals surface area contributed by atoms with Gasteiger partial charge in [0.25, 0.3) is 0 Å². The zero-order chi connectivity index (χ0) is 22.3. The molecular weight excluding hydrogens is 448 g/mol. The highest BCUT2D eigenvalue weighted by Gasteiger charge is 2.23. The fraction of sp³-hybridized carbons (Fsp3) is 0.348. The number of benzene rings is 2. The summed E-state index contributed by atoms with van der Waals surface area (Å²) in [5.74, 6) is 1.14. The third-order valence-electron chi connectivity index (χ3n) is 5.09. The highest BCUT2D eigenvalue weighted by molar-refractivity contribution is 8.00. The molecule has 7 nitrogen and oxygen atoms in total. The van der Waals surface area contributed by atoms with E-state index >= 15 is 0 Å². The van der Waals surface area contributed by atoms with Crippen LogP contribution in [-0.2, 0) is 16.1 Å². The number of aromatic nitrogens is 3. The largest absolute Gasteiger partial charge is 0.484 e. The molecule has 2 heterocycles. The van der Waals surface area contributed by atoms with Gasteiger partial charge in [-0.2, -0.15) is 0 Å². The Bertz CT molecular complexity index is 1040. The van der Waals surface area contributed by atoms with E-state index in [1.165, 1.54) is 11.8 Å². The molecule has 0 saturated carbocycles. The van der Waals surface area contributed by atoms with E-state index in [0.29, 0.717) is 28.3 Å². The molecule has 9 heteroatoms.